The quantitative estimate of drug-likeness (QED) is 0.883. The topological polar surface area (TPSA) is 80.6 Å². The van der Waals surface area contributed by atoms with E-state index in [0.717, 1.165) is 5.56 Å². The second kappa shape index (κ2) is 6.60. The Bertz CT molecular complexity index is 635. The lowest BCUT2D eigenvalue weighted by Crippen LogP contribution is -2.22. The highest BCUT2D eigenvalue weighted by Gasteiger charge is 2.09. The van der Waals surface area contributed by atoms with Gasteiger partial charge in [-0.2, -0.15) is 0 Å². The average molecular weight is 288 g/mol. The molecule has 0 spiro atoms. The van der Waals surface area contributed by atoms with Gasteiger partial charge in [0.1, 0.15) is 5.75 Å². The predicted molar refractivity (Wildman–Crippen MR) is 77.2 cm³/mol. The first-order valence-corrected chi connectivity index (χ1v) is 6.36. The summed E-state index contributed by atoms with van der Waals surface area (Å²) in [6.45, 7) is 1.74. The number of hydrogen-bond donors (Lipinski definition) is 2. The van der Waals surface area contributed by atoms with E-state index in [1.54, 1.807) is 24.3 Å². The molecule has 1 aromatic carbocycles. The van der Waals surface area contributed by atoms with E-state index in [1.807, 2.05) is 6.07 Å². The van der Waals surface area contributed by atoms with E-state index in [1.165, 1.54) is 20.3 Å². The monoisotopic (exact) mass is 288 g/mol. The number of rotatable bonds is 5. The Kier molecular flexibility index (Phi) is 4.61. The van der Waals surface area contributed by atoms with E-state index in [9.17, 15) is 9.59 Å². The largest absolute Gasteiger partial charge is 0.495 e. The van der Waals surface area contributed by atoms with Crippen LogP contribution in [0.5, 0.6) is 5.75 Å². The first-order valence-electron chi connectivity index (χ1n) is 6.36. The molecule has 2 aromatic rings. The maximum Gasteiger partial charge on any atom is 0.287 e. The molecule has 0 saturated heterocycles. The van der Waals surface area contributed by atoms with Crippen LogP contribution in [0, 0.1) is 0 Å². The number of methoxy groups -OCH3 is 1. The van der Waals surface area contributed by atoms with Crippen molar-refractivity contribution in [2.75, 3.05) is 12.4 Å². The summed E-state index contributed by atoms with van der Waals surface area (Å²) < 4.78 is 10.2. The zero-order chi connectivity index (χ0) is 15.2. The Hall–Kier alpha value is -2.76. The van der Waals surface area contributed by atoms with E-state index in [4.69, 9.17) is 9.15 Å². The smallest absolute Gasteiger partial charge is 0.287 e. The predicted octanol–water partition coefficient (Wildman–Crippen LogP) is 2.18. The van der Waals surface area contributed by atoms with Gasteiger partial charge in [-0.3, -0.25) is 9.59 Å². The number of benzene rings is 1. The van der Waals surface area contributed by atoms with Gasteiger partial charge < -0.3 is 19.8 Å². The van der Waals surface area contributed by atoms with Gasteiger partial charge in [0, 0.05) is 13.5 Å². The van der Waals surface area contributed by atoms with Gasteiger partial charge in [-0.05, 0) is 29.8 Å². The number of carbonyl (C=O) groups is 2. The molecule has 110 valence electrons. The zero-order valence-electron chi connectivity index (χ0n) is 11.8. The molecule has 1 heterocycles. The van der Waals surface area contributed by atoms with Crippen molar-refractivity contribution in [3.63, 3.8) is 0 Å². The first kappa shape index (κ1) is 14.6. The van der Waals surface area contributed by atoms with Crippen LogP contribution >= 0.6 is 0 Å². The lowest BCUT2D eigenvalue weighted by atomic mass is 10.1. The van der Waals surface area contributed by atoms with Crippen molar-refractivity contribution in [1.29, 1.82) is 0 Å². The summed E-state index contributed by atoms with van der Waals surface area (Å²) in [6.07, 6.45) is 1.44. The number of hydrogen-bond acceptors (Lipinski definition) is 4. The van der Waals surface area contributed by atoms with Crippen LogP contribution < -0.4 is 15.4 Å². The standard InChI is InChI=1S/C15H16N2O4/c1-10(18)17-12-8-11(5-6-13(12)20-2)9-16-15(19)14-4-3-7-21-14/h3-8H,9H2,1-2H3,(H,16,19)(H,17,18). The summed E-state index contributed by atoms with van der Waals surface area (Å²) in [6, 6.07) is 8.54. The van der Waals surface area contributed by atoms with E-state index < -0.39 is 0 Å². The highest BCUT2D eigenvalue weighted by molar-refractivity contribution is 5.91. The van der Waals surface area contributed by atoms with E-state index >= 15 is 0 Å². The molecule has 0 aliphatic carbocycles. The van der Waals surface area contributed by atoms with Gasteiger partial charge in [0.05, 0.1) is 19.1 Å². The molecule has 0 aliphatic rings. The van der Waals surface area contributed by atoms with Crippen molar-refractivity contribution in [1.82, 2.24) is 5.32 Å². The van der Waals surface area contributed by atoms with Crippen LogP contribution in [0.2, 0.25) is 0 Å². The summed E-state index contributed by atoms with van der Waals surface area (Å²) >= 11 is 0. The molecule has 2 N–H and O–H groups in total. The third-order valence-electron chi connectivity index (χ3n) is 2.77. The Labute approximate surface area is 122 Å². The molecule has 0 aliphatic heterocycles. The number of ether oxygens (including phenoxy) is 1. The number of anilines is 1. The van der Waals surface area contributed by atoms with E-state index in [0.29, 0.717) is 18.0 Å². The maximum absolute atomic E-state index is 11.8. The molecule has 6 heteroatoms. The molecule has 2 rings (SSSR count). The minimum atomic E-state index is -0.295. The van der Waals surface area contributed by atoms with Gasteiger partial charge in [0.15, 0.2) is 5.76 Å². The molecule has 21 heavy (non-hydrogen) atoms. The average Bonchev–Trinajstić information content (AvgIpc) is 2.98. The van der Waals surface area contributed by atoms with Crippen molar-refractivity contribution in [2.45, 2.75) is 13.5 Å². The van der Waals surface area contributed by atoms with Gasteiger partial charge in [-0.15, -0.1) is 0 Å². The Morgan fingerprint density at radius 1 is 1.29 bits per heavy atom. The third-order valence-corrected chi connectivity index (χ3v) is 2.77. The van der Waals surface area contributed by atoms with Gasteiger partial charge in [-0.25, -0.2) is 0 Å². The molecule has 0 bridgehead atoms. The molecule has 0 atom stereocenters. The van der Waals surface area contributed by atoms with Gasteiger partial charge in [-0.1, -0.05) is 6.07 Å². The normalized spacial score (nSPS) is 10.0. The second-order valence-corrected chi connectivity index (χ2v) is 4.38. The fourth-order valence-corrected chi connectivity index (χ4v) is 1.83. The van der Waals surface area contributed by atoms with Crippen LogP contribution in [-0.2, 0) is 11.3 Å². The summed E-state index contributed by atoms with van der Waals surface area (Å²) in [5.41, 5.74) is 1.40. The molecule has 0 fully saturated rings. The fourth-order valence-electron chi connectivity index (χ4n) is 1.83. The molecule has 1 aromatic heterocycles. The number of furan rings is 1. The van der Waals surface area contributed by atoms with Crippen LogP contribution in [0.1, 0.15) is 23.0 Å². The summed E-state index contributed by atoms with van der Waals surface area (Å²) in [5, 5.41) is 5.42. The molecule has 6 nitrogen and oxygen atoms in total. The second-order valence-electron chi connectivity index (χ2n) is 4.38. The SMILES string of the molecule is COc1ccc(CNC(=O)c2ccco2)cc1NC(C)=O. The van der Waals surface area contributed by atoms with Crippen molar-refractivity contribution >= 4 is 17.5 Å². The Balaban J connectivity index is 2.06. The lowest BCUT2D eigenvalue weighted by Gasteiger charge is -2.11. The molecule has 0 radical (unpaired) electrons. The Morgan fingerprint density at radius 2 is 2.10 bits per heavy atom. The summed E-state index contributed by atoms with van der Waals surface area (Å²) in [4.78, 5) is 22.9. The summed E-state index contributed by atoms with van der Waals surface area (Å²) in [5.74, 6) is 0.332. The van der Waals surface area contributed by atoms with Gasteiger partial charge >= 0.3 is 0 Å². The van der Waals surface area contributed by atoms with Crippen molar-refractivity contribution in [3.8, 4) is 5.75 Å². The molecule has 2 amide bonds. The fraction of sp³-hybridized carbons (Fsp3) is 0.200. The molecule has 0 saturated carbocycles. The van der Waals surface area contributed by atoms with Crippen LogP contribution in [0.3, 0.4) is 0 Å². The highest BCUT2D eigenvalue weighted by Crippen LogP contribution is 2.25. The molecular formula is C15H16N2O4. The van der Waals surface area contributed by atoms with Gasteiger partial charge in [0.2, 0.25) is 5.91 Å². The van der Waals surface area contributed by atoms with Crippen LogP contribution in [-0.4, -0.2) is 18.9 Å². The number of carbonyl (C=O) groups excluding carboxylic acids is 2. The lowest BCUT2D eigenvalue weighted by molar-refractivity contribution is -0.114. The first-order chi connectivity index (χ1) is 10.1. The van der Waals surface area contributed by atoms with Crippen LogP contribution in [0.15, 0.2) is 41.0 Å². The van der Waals surface area contributed by atoms with Crippen molar-refractivity contribution < 1.29 is 18.7 Å². The maximum atomic E-state index is 11.8. The van der Waals surface area contributed by atoms with Crippen LogP contribution in [0.4, 0.5) is 5.69 Å². The Morgan fingerprint density at radius 3 is 2.71 bits per heavy atom. The minimum Gasteiger partial charge on any atom is -0.495 e. The van der Waals surface area contributed by atoms with E-state index in [-0.39, 0.29) is 17.6 Å². The highest BCUT2D eigenvalue weighted by atomic mass is 16.5. The third kappa shape index (κ3) is 3.85. The number of amides is 2. The van der Waals surface area contributed by atoms with Crippen molar-refractivity contribution in [2.24, 2.45) is 0 Å². The van der Waals surface area contributed by atoms with Gasteiger partial charge in [0.25, 0.3) is 5.91 Å². The van der Waals surface area contributed by atoms with Crippen molar-refractivity contribution in [3.05, 3.63) is 47.9 Å². The zero-order valence-corrected chi connectivity index (χ0v) is 11.8. The number of nitrogens with one attached hydrogen (secondary N) is 2. The van der Waals surface area contributed by atoms with Crippen LogP contribution in [0.25, 0.3) is 0 Å². The molecule has 0 unspecified atom stereocenters. The summed E-state index contributed by atoms with van der Waals surface area (Å²) in [7, 11) is 1.53. The minimum absolute atomic E-state index is 0.190. The van der Waals surface area contributed by atoms with E-state index in [2.05, 4.69) is 10.6 Å². The molecular weight excluding hydrogens is 272 g/mol.